The van der Waals surface area contributed by atoms with Gasteiger partial charge in [-0.15, -0.1) is 0 Å². The van der Waals surface area contributed by atoms with Crippen LogP contribution in [0.25, 0.3) is 0 Å². The lowest BCUT2D eigenvalue weighted by atomic mass is 10.0. The maximum atomic E-state index is 11.7. The Kier molecular flexibility index (Phi) is 4.98. The van der Waals surface area contributed by atoms with E-state index in [2.05, 4.69) is 11.8 Å². The molecule has 110 valence electrons. The molecule has 0 radical (unpaired) electrons. The summed E-state index contributed by atoms with van der Waals surface area (Å²) < 4.78 is 5.19. The molecule has 0 spiro atoms. The van der Waals surface area contributed by atoms with E-state index in [1.54, 1.807) is 7.11 Å². The molecule has 1 aliphatic rings. The summed E-state index contributed by atoms with van der Waals surface area (Å²) in [6, 6.07) is 6.74. The SMILES string of the molecule is CCN1CCN(C(C(=O)O)c2cccc(OC)c2)CC1. The van der Waals surface area contributed by atoms with Crippen molar-refractivity contribution >= 4 is 5.97 Å². The highest BCUT2D eigenvalue weighted by Gasteiger charge is 2.30. The third kappa shape index (κ3) is 3.29. The van der Waals surface area contributed by atoms with Gasteiger partial charge in [-0.05, 0) is 24.2 Å². The van der Waals surface area contributed by atoms with Crippen molar-refractivity contribution in [1.29, 1.82) is 0 Å². The zero-order valence-electron chi connectivity index (χ0n) is 12.1. The van der Waals surface area contributed by atoms with E-state index in [-0.39, 0.29) is 0 Å². The van der Waals surface area contributed by atoms with Crippen molar-refractivity contribution < 1.29 is 14.6 Å². The van der Waals surface area contributed by atoms with E-state index in [9.17, 15) is 9.90 Å². The molecule has 1 fully saturated rings. The van der Waals surface area contributed by atoms with E-state index < -0.39 is 12.0 Å². The fourth-order valence-corrected chi connectivity index (χ4v) is 2.66. The summed E-state index contributed by atoms with van der Waals surface area (Å²) in [6.07, 6.45) is 0. The zero-order valence-corrected chi connectivity index (χ0v) is 12.1. The molecule has 0 aliphatic carbocycles. The van der Waals surface area contributed by atoms with Crippen LogP contribution < -0.4 is 4.74 Å². The zero-order chi connectivity index (χ0) is 14.5. The first-order chi connectivity index (χ1) is 9.65. The van der Waals surface area contributed by atoms with Gasteiger partial charge in [0.1, 0.15) is 11.8 Å². The van der Waals surface area contributed by atoms with Crippen molar-refractivity contribution in [1.82, 2.24) is 9.80 Å². The third-order valence-electron chi connectivity index (χ3n) is 3.86. The summed E-state index contributed by atoms with van der Waals surface area (Å²) in [4.78, 5) is 16.0. The number of methoxy groups -OCH3 is 1. The standard InChI is InChI=1S/C15H22N2O3/c1-3-16-7-9-17(10-8-16)14(15(18)19)12-5-4-6-13(11-12)20-2/h4-6,11,14H,3,7-10H2,1-2H3,(H,18,19). The fraction of sp³-hybridized carbons (Fsp3) is 0.533. The molecule has 1 heterocycles. The quantitative estimate of drug-likeness (QED) is 0.883. The number of hydrogen-bond acceptors (Lipinski definition) is 4. The van der Waals surface area contributed by atoms with E-state index in [4.69, 9.17) is 4.74 Å². The van der Waals surface area contributed by atoms with Gasteiger partial charge in [0.05, 0.1) is 7.11 Å². The lowest BCUT2D eigenvalue weighted by Crippen LogP contribution is -2.49. The van der Waals surface area contributed by atoms with Gasteiger partial charge in [0.2, 0.25) is 0 Å². The van der Waals surface area contributed by atoms with Crippen LogP contribution in [0, 0.1) is 0 Å². The molecule has 5 heteroatoms. The summed E-state index contributed by atoms with van der Waals surface area (Å²) in [5.41, 5.74) is 0.779. The lowest BCUT2D eigenvalue weighted by molar-refractivity contribution is -0.144. The van der Waals surface area contributed by atoms with Crippen LogP contribution in [0.1, 0.15) is 18.5 Å². The number of carboxylic acid groups (broad SMARTS) is 1. The fourth-order valence-electron chi connectivity index (χ4n) is 2.66. The normalized spacial score (nSPS) is 18.7. The summed E-state index contributed by atoms with van der Waals surface area (Å²) in [5, 5.41) is 9.57. The monoisotopic (exact) mass is 278 g/mol. The van der Waals surface area contributed by atoms with E-state index in [1.807, 2.05) is 29.2 Å². The first kappa shape index (κ1) is 14.8. The first-order valence-corrected chi connectivity index (χ1v) is 6.99. The highest BCUT2D eigenvalue weighted by Crippen LogP contribution is 2.25. The highest BCUT2D eigenvalue weighted by molar-refractivity contribution is 5.75. The maximum absolute atomic E-state index is 11.7. The van der Waals surface area contributed by atoms with E-state index in [1.165, 1.54) is 0 Å². The van der Waals surface area contributed by atoms with Crippen LogP contribution in [0.5, 0.6) is 5.75 Å². The van der Waals surface area contributed by atoms with Crippen molar-refractivity contribution in [3.8, 4) is 5.75 Å². The second-order valence-corrected chi connectivity index (χ2v) is 4.99. The van der Waals surface area contributed by atoms with Crippen LogP contribution in [-0.4, -0.2) is 60.7 Å². The first-order valence-electron chi connectivity index (χ1n) is 6.99. The lowest BCUT2D eigenvalue weighted by Gasteiger charge is -2.37. The van der Waals surface area contributed by atoms with Gasteiger partial charge in [0.15, 0.2) is 0 Å². The van der Waals surface area contributed by atoms with Crippen molar-refractivity contribution in [3.05, 3.63) is 29.8 Å². The van der Waals surface area contributed by atoms with Crippen LogP contribution in [0.3, 0.4) is 0 Å². The molecule has 1 unspecified atom stereocenters. The van der Waals surface area contributed by atoms with Crippen molar-refractivity contribution in [3.63, 3.8) is 0 Å². The van der Waals surface area contributed by atoms with Crippen LogP contribution in [-0.2, 0) is 4.79 Å². The predicted octanol–water partition coefficient (Wildman–Crippen LogP) is 1.46. The number of rotatable bonds is 5. The summed E-state index contributed by atoms with van der Waals surface area (Å²) >= 11 is 0. The molecular weight excluding hydrogens is 256 g/mol. The Morgan fingerprint density at radius 3 is 2.60 bits per heavy atom. The van der Waals surface area contributed by atoms with Gasteiger partial charge in [0, 0.05) is 26.2 Å². The summed E-state index contributed by atoms with van der Waals surface area (Å²) in [6.45, 7) is 6.55. The second-order valence-electron chi connectivity index (χ2n) is 4.99. The van der Waals surface area contributed by atoms with E-state index >= 15 is 0 Å². The number of benzene rings is 1. The molecule has 0 bridgehead atoms. The molecule has 0 amide bonds. The Morgan fingerprint density at radius 2 is 2.05 bits per heavy atom. The van der Waals surface area contributed by atoms with E-state index in [0.29, 0.717) is 5.75 Å². The minimum absolute atomic E-state index is 0.593. The van der Waals surface area contributed by atoms with Crippen molar-refractivity contribution in [2.45, 2.75) is 13.0 Å². The number of piperazine rings is 1. The largest absolute Gasteiger partial charge is 0.497 e. The van der Waals surface area contributed by atoms with Gasteiger partial charge in [-0.3, -0.25) is 9.69 Å². The van der Waals surface area contributed by atoms with Crippen LogP contribution in [0.2, 0.25) is 0 Å². The van der Waals surface area contributed by atoms with Crippen LogP contribution in [0.4, 0.5) is 0 Å². The molecule has 1 aromatic rings. The Bertz CT molecular complexity index is 456. The number of likely N-dealkylation sites (N-methyl/N-ethyl adjacent to an activating group) is 1. The summed E-state index contributed by atoms with van der Waals surface area (Å²) in [5.74, 6) is -0.107. The molecule has 0 saturated carbocycles. The van der Waals surface area contributed by atoms with Gasteiger partial charge >= 0.3 is 5.97 Å². The molecule has 1 aliphatic heterocycles. The van der Waals surface area contributed by atoms with Gasteiger partial charge < -0.3 is 14.7 Å². The minimum atomic E-state index is -0.803. The molecular formula is C15H22N2O3. The van der Waals surface area contributed by atoms with Gasteiger partial charge in [-0.2, -0.15) is 0 Å². The molecule has 1 atom stereocenters. The number of hydrogen-bond donors (Lipinski definition) is 1. The number of nitrogens with zero attached hydrogens (tertiary/aromatic N) is 2. The Hall–Kier alpha value is -1.59. The number of ether oxygens (including phenoxy) is 1. The molecule has 0 aromatic heterocycles. The van der Waals surface area contributed by atoms with Crippen LogP contribution >= 0.6 is 0 Å². The third-order valence-corrected chi connectivity index (χ3v) is 3.86. The number of aliphatic carboxylic acids is 1. The molecule has 1 aromatic carbocycles. The molecule has 5 nitrogen and oxygen atoms in total. The second kappa shape index (κ2) is 6.72. The average Bonchev–Trinajstić information content (AvgIpc) is 2.48. The average molecular weight is 278 g/mol. The van der Waals surface area contributed by atoms with Gasteiger partial charge in [-0.25, -0.2) is 0 Å². The highest BCUT2D eigenvalue weighted by atomic mass is 16.5. The van der Waals surface area contributed by atoms with Gasteiger partial charge in [0.25, 0.3) is 0 Å². The maximum Gasteiger partial charge on any atom is 0.325 e. The Labute approximate surface area is 119 Å². The molecule has 2 rings (SSSR count). The van der Waals surface area contributed by atoms with Crippen LogP contribution in [0.15, 0.2) is 24.3 Å². The van der Waals surface area contributed by atoms with E-state index in [0.717, 1.165) is 38.3 Å². The number of carboxylic acids is 1. The molecule has 20 heavy (non-hydrogen) atoms. The summed E-state index contributed by atoms with van der Waals surface area (Å²) in [7, 11) is 1.59. The minimum Gasteiger partial charge on any atom is -0.497 e. The number of carbonyl (C=O) groups is 1. The smallest absolute Gasteiger partial charge is 0.325 e. The van der Waals surface area contributed by atoms with Crippen molar-refractivity contribution in [2.75, 3.05) is 39.8 Å². The Morgan fingerprint density at radius 1 is 1.35 bits per heavy atom. The van der Waals surface area contributed by atoms with Gasteiger partial charge in [-0.1, -0.05) is 19.1 Å². The predicted molar refractivity (Wildman–Crippen MR) is 77.1 cm³/mol. The topological polar surface area (TPSA) is 53.0 Å². The molecule has 1 saturated heterocycles. The van der Waals surface area contributed by atoms with Crippen molar-refractivity contribution in [2.24, 2.45) is 0 Å². The molecule has 1 N–H and O–H groups in total. The Balaban J connectivity index is 2.17.